The lowest BCUT2D eigenvalue weighted by Gasteiger charge is -2.29. The Kier molecular flexibility index (Phi) is 9.98. The molecule has 3 atom stereocenters. The second-order valence-corrected chi connectivity index (χ2v) is 19.5. The van der Waals surface area contributed by atoms with E-state index in [1.165, 1.54) is 115 Å². The van der Waals surface area contributed by atoms with Gasteiger partial charge in [-0.2, -0.15) is 0 Å². The van der Waals surface area contributed by atoms with E-state index in [1.807, 2.05) is 0 Å². The molecule has 1 nitrogen and oxygen atoms in total. The minimum atomic E-state index is 0.0679. The summed E-state index contributed by atoms with van der Waals surface area (Å²) in [6, 6.07) is 77.2. The average Bonchev–Trinajstić information content (AvgIpc) is 3.35. The minimum Gasteiger partial charge on any atom is -0.310 e. The zero-order valence-electron chi connectivity index (χ0n) is 38.4. The van der Waals surface area contributed by atoms with Crippen LogP contribution in [0.3, 0.4) is 0 Å². The Hall–Kier alpha value is -7.22. The van der Waals surface area contributed by atoms with E-state index < -0.39 is 0 Å². The highest BCUT2D eigenvalue weighted by Gasteiger charge is 2.28. The number of rotatable bonds is 5. The molecular formula is C65H55N. The van der Waals surface area contributed by atoms with E-state index in [0.29, 0.717) is 11.8 Å². The van der Waals surface area contributed by atoms with Gasteiger partial charge >= 0.3 is 0 Å². The van der Waals surface area contributed by atoms with Gasteiger partial charge in [0.15, 0.2) is 0 Å². The van der Waals surface area contributed by atoms with Crippen LogP contribution in [0.4, 0.5) is 17.1 Å². The van der Waals surface area contributed by atoms with Gasteiger partial charge in [0.2, 0.25) is 0 Å². The van der Waals surface area contributed by atoms with E-state index in [1.54, 1.807) is 0 Å². The maximum absolute atomic E-state index is 2.67. The van der Waals surface area contributed by atoms with Crippen LogP contribution in [0.5, 0.6) is 0 Å². The Labute approximate surface area is 389 Å². The first-order chi connectivity index (χ1) is 32.4. The summed E-state index contributed by atoms with van der Waals surface area (Å²) >= 11 is 0. The number of nitrogens with zero attached hydrogens (tertiary/aromatic N) is 1. The van der Waals surface area contributed by atoms with Crippen molar-refractivity contribution >= 4 is 70.9 Å². The molecule has 0 N–H and O–H groups in total. The Morgan fingerprint density at radius 1 is 0.409 bits per heavy atom. The fraction of sp³-hybridized carbons (Fsp3) is 0.169. The molecule has 1 aliphatic heterocycles. The fourth-order valence-electron chi connectivity index (χ4n) is 11.6. The van der Waals surface area contributed by atoms with Gasteiger partial charge in [-0.3, -0.25) is 0 Å². The van der Waals surface area contributed by atoms with Crippen molar-refractivity contribution in [1.29, 1.82) is 0 Å². The lowest BCUT2D eigenvalue weighted by atomic mass is 9.75. The van der Waals surface area contributed by atoms with Gasteiger partial charge in [-0.1, -0.05) is 190 Å². The lowest BCUT2D eigenvalue weighted by Crippen LogP contribution is -2.12. The van der Waals surface area contributed by atoms with E-state index in [4.69, 9.17) is 0 Å². The maximum atomic E-state index is 2.67. The molecule has 0 amide bonds. The second kappa shape index (κ2) is 16.3. The number of anilines is 3. The Bertz CT molecular complexity index is 3560. The molecule has 320 valence electrons. The highest BCUT2D eigenvalue weighted by Crippen LogP contribution is 2.49. The van der Waals surface area contributed by atoms with Gasteiger partial charge in [-0.05, 0) is 167 Å². The monoisotopic (exact) mass is 849 g/mol. The lowest BCUT2D eigenvalue weighted by molar-refractivity contribution is 0.536. The van der Waals surface area contributed by atoms with Crippen LogP contribution in [0.2, 0.25) is 0 Å². The predicted molar refractivity (Wildman–Crippen MR) is 283 cm³/mol. The van der Waals surface area contributed by atoms with Crippen LogP contribution in [-0.2, 0) is 12.8 Å². The molecule has 0 spiro atoms. The van der Waals surface area contributed by atoms with Crippen LogP contribution in [0, 0.1) is 12.8 Å². The van der Waals surface area contributed by atoms with Gasteiger partial charge in [0.25, 0.3) is 0 Å². The van der Waals surface area contributed by atoms with Gasteiger partial charge in [0, 0.05) is 28.9 Å². The summed E-state index contributed by atoms with van der Waals surface area (Å²) in [6.07, 6.45) is 2.75. The summed E-state index contributed by atoms with van der Waals surface area (Å²) in [4.78, 5) is 2.46. The third-order valence-corrected chi connectivity index (χ3v) is 15.3. The maximum Gasteiger partial charge on any atom is 0.0464 e. The summed E-state index contributed by atoms with van der Waals surface area (Å²) < 4.78 is 0. The molecule has 6 bridgehead atoms. The van der Waals surface area contributed by atoms with E-state index >= 15 is 0 Å². The SMILES string of the molecule is Cc1ccc(N2c3cccc(c3)CCC(c3cccc4ccccc34)c3cc(c4ccc5cc(C(C)C(C)C)cc6ccc3c4c65)C(c3cccc4ccccc34)Cc3cccc2c3)cc1. The summed E-state index contributed by atoms with van der Waals surface area (Å²) in [6.45, 7) is 9.26. The van der Waals surface area contributed by atoms with Gasteiger partial charge in [-0.25, -0.2) is 0 Å². The number of hydrogen-bond acceptors (Lipinski definition) is 1. The molecule has 0 saturated carbocycles. The van der Waals surface area contributed by atoms with Crippen LogP contribution in [0.1, 0.15) is 89.5 Å². The van der Waals surface area contributed by atoms with Crippen molar-refractivity contribution in [3.05, 3.63) is 245 Å². The average molecular weight is 850 g/mol. The van der Waals surface area contributed by atoms with Crippen molar-refractivity contribution in [2.24, 2.45) is 5.92 Å². The normalized spacial score (nSPS) is 16.0. The van der Waals surface area contributed by atoms with Crippen LogP contribution >= 0.6 is 0 Å². The molecule has 1 aliphatic rings. The van der Waals surface area contributed by atoms with Crippen molar-refractivity contribution in [2.45, 2.75) is 64.7 Å². The van der Waals surface area contributed by atoms with Crippen molar-refractivity contribution in [2.75, 3.05) is 4.90 Å². The van der Waals surface area contributed by atoms with Gasteiger partial charge < -0.3 is 4.90 Å². The third kappa shape index (κ3) is 6.92. The molecule has 1 heteroatoms. The van der Waals surface area contributed by atoms with Crippen LogP contribution in [0.25, 0.3) is 53.9 Å². The highest BCUT2D eigenvalue weighted by atomic mass is 15.1. The molecule has 11 aromatic rings. The van der Waals surface area contributed by atoms with Crippen LogP contribution in [-0.4, -0.2) is 0 Å². The van der Waals surface area contributed by atoms with E-state index in [9.17, 15) is 0 Å². The standard InChI is InChI=1S/C65H55N/c1-41(2)43(4)50-38-48-28-33-59-62-40-63(60-34-29-49(39-50)64(48)65(59)60)61(57-24-12-18-47-16-6-8-22-55(47)57)37-45-14-10-20-53(36-45)66(51-30-25-42(3)26-31-51)52-19-9-13-44(35-52)27-32-58(62)56-23-11-17-46-15-5-7-21-54(46)56/h5-26,28-31,33-36,38-41,43,58,61H,27,32,37H2,1-4H3. The highest BCUT2D eigenvalue weighted by molar-refractivity contribution is 6.24. The van der Waals surface area contributed by atoms with Crippen LogP contribution in [0.15, 0.2) is 200 Å². The topological polar surface area (TPSA) is 3.24 Å². The van der Waals surface area contributed by atoms with Crippen molar-refractivity contribution in [3.63, 3.8) is 0 Å². The first-order valence-corrected chi connectivity index (χ1v) is 24.1. The summed E-state index contributed by atoms with van der Waals surface area (Å²) in [7, 11) is 0. The first-order valence-electron chi connectivity index (χ1n) is 24.1. The molecule has 0 aliphatic carbocycles. The molecule has 0 saturated heterocycles. The zero-order valence-corrected chi connectivity index (χ0v) is 38.4. The predicted octanol–water partition coefficient (Wildman–Crippen LogP) is 17.9. The van der Waals surface area contributed by atoms with Gasteiger partial charge in [0.1, 0.15) is 0 Å². The molecular weight excluding hydrogens is 795 g/mol. The second-order valence-electron chi connectivity index (χ2n) is 19.5. The summed E-state index contributed by atoms with van der Waals surface area (Å²) in [5, 5.41) is 13.4. The Balaban J connectivity index is 1.20. The van der Waals surface area contributed by atoms with E-state index in [2.05, 4.69) is 233 Å². The smallest absolute Gasteiger partial charge is 0.0464 e. The molecule has 0 radical (unpaired) electrons. The molecule has 0 aromatic heterocycles. The summed E-state index contributed by atoms with van der Waals surface area (Å²) in [5.41, 5.74) is 14.5. The van der Waals surface area contributed by atoms with E-state index in [-0.39, 0.29) is 11.8 Å². The molecule has 11 aromatic carbocycles. The third-order valence-electron chi connectivity index (χ3n) is 15.3. The van der Waals surface area contributed by atoms with Gasteiger partial charge in [0.05, 0.1) is 0 Å². The van der Waals surface area contributed by atoms with E-state index in [0.717, 1.165) is 19.3 Å². The molecule has 1 heterocycles. The molecule has 66 heavy (non-hydrogen) atoms. The zero-order chi connectivity index (χ0) is 44.5. The quantitative estimate of drug-likeness (QED) is 0.156. The minimum absolute atomic E-state index is 0.0679. The van der Waals surface area contributed by atoms with Crippen molar-refractivity contribution < 1.29 is 0 Å². The Morgan fingerprint density at radius 2 is 0.955 bits per heavy atom. The van der Waals surface area contributed by atoms with Crippen molar-refractivity contribution in [1.82, 2.24) is 0 Å². The number of hydrogen-bond donors (Lipinski definition) is 0. The van der Waals surface area contributed by atoms with Crippen molar-refractivity contribution in [3.8, 4) is 0 Å². The van der Waals surface area contributed by atoms with Crippen LogP contribution < -0.4 is 4.90 Å². The van der Waals surface area contributed by atoms with Gasteiger partial charge in [-0.15, -0.1) is 0 Å². The largest absolute Gasteiger partial charge is 0.310 e. The molecule has 3 unspecified atom stereocenters. The first kappa shape index (κ1) is 40.3. The molecule has 0 fully saturated rings. The molecule has 12 rings (SSSR count). The fourth-order valence-corrected chi connectivity index (χ4v) is 11.6. The number of aryl methyl sites for hydroxylation is 2. The summed E-state index contributed by atoms with van der Waals surface area (Å²) in [5.74, 6) is 1.22. The Morgan fingerprint density at radius 3 is 1.59 bits per heavy atom. The number of benzene rings is 11. The number of fused-ring (bicyclic) bond motifs is 10.